The molecule has 2 aromatic rings. The third-order valence-corrected chi connectivity index (χ3v) is 8.75. The normalized spacial score (nSPS) is 32.4. The van der Waals surface area contributed by atoms with Crippen molar-refractivity contribution in [2.75, 3.05) is 18.4 Å². The number of nitrogens with zero attached hydrogens (tertiary/aromatic N) is 2. The highest BCUT2D eigenvalue weighted by Crippen LogP contribution is 2.62. The number of piperidine rings is 1. The molecule has 0 radical (unpaired) electrons. The van der Waals surface area contributed by atoms with E-state index in [0.717, 1.165) is 18.7 Å². The Morgan fingerprint density at radius 1 is 1.26 bits per heavy atom. The molecular formula is C27H31N3O4. The molecule has 6 rings (SSSR count). The van der Waals surface area contributed by atoms with Gasteiger partial charge in [0.2, 0.25) is 0 Å². The summed E-state index contributed by atoms with van der Waals surface area (Å²) >= 11 is 0. The molecule has 3 aliphatic carbocycles. The molecule has 4 atom stereocenters. The van der Waals surface area contributed by atoms with Crippen molar-refractivity contribution in [3.63, 3.8) is 0 Å². The SMILES string of the molecule is C[C@H]1C=C(C(=O)Nc2cccnc2)C[C@@]2(O)[C@H]3Cc4ccc(O)c(O)c4[C@@]12CCN3CC1CC1. The molecule has 0 unspecified atom stereocenters. The lowest BCUT2D eigenvalue weighted by Gasteiger charge is -2.65. The Bertz CT molecular complexity index is 1180. The van der Waals surface area contributed by atoms with E-state index in [1.807, 2.05) is 19.1 Å². The van der Waals surface area contributed by atoms with E-state index < -0.39 is 11.0 Å². The predicted octanol–water partition coefficient (Wildman–Crippen LogP) is 3.11. The van der Waals surface area contributed by atoms with Crippen LogP contribution in [0.25, 0.3) is 0 Å². The van der Waals surface area contributed by atoms with E-state index in [0.29, 0.717) is 35.6 Å². The Morgan fingerprint density at radius 2 is 2.09 bits per heavy atom. The topological polar surface area (TPSA) is 106 Å². The minimum atomic E-state index is -1.24. The molecule has 2 fully saturated rings. The fourth-order valence-corrected chi connectivity index (χ4v) is 7.00. The highest BCUT2D eigenvalue weighted by molar-refractivity contribution is 6.04. The van der Waals surface area contributed by atoms with Gasteiger partial charge in [0.15, 0.2) is 11.5 Å². The Balaban J connectivity index is 1.45. The lowest BCUT2D eigenvalue weighted by Crippen LogP contribution is -2.74. The molecule has 7 heteroatoms. The van der Waals surface area contributed by atoms with Crippen molar-refractivity contribution in [2.24, 2.45) is 11.8 Å². The number of rotatable bonds is 4. The van der Waals surface area contributed by atoms with Gasteiger partial charge in [-0.15, -0.1) is 0 Å². The first kappa shape index (κ1) is 21.6. The second-order valence-corrected chi connectivity index (χ2v) is 10.6. The van der Waals surface area contributed by atoms with Gasteiger partial charge in [0.05, 0.1) is 17.5 Å². The number of likely N-dealkylation sites (tertiary alicyclic amines) is 1. The first-order chi connectivity index (χ1) is 16.3. The number of allylic oxidation sites excluding steroid dienone is 1. The maximum Gasteiger partial charge on any atom is 0.251 e. The fraction of sp³-hybridized carbons (Fsp3) is 0.481. The molecule has 34 heavy (non-hydrogen) atoms. The predicted molar refractivity (Wildman–Crippen MR) is 128 cm³/mol. The van der Waals surface area contributed by atoms with Crippen LogP contribution in [0.15, 0.2) is 48.3 Å². The van der Waals surface area contributed by atoms with Crippen LogP contribution in [0.3, 0.4) is 0 Å². The van der Waals surface area contributed by atoms with Crippen LogP contribution in [-0.2, 0) is 16.6 Å². The van der Waals surface area contributed by atoms with Gasteiger partial charge in [0.25, 0.3) is 5.91 Å². The van der Waals surface area contributed by atoms with Crippen LogP contribution in [0, 0.1) is 11.8 Å². The van der Waals surface area contributed by atoms with E-state index in [4.69, 9.17) is 0 Å². The van der Waals surface area contributed by atoms with Gasteiger partial charge in [0.1, 0.15) is 0 Å². The van der Waals surface area contributed by atoms with E-state index in [1.165, 1.54) is 12.8 Å². The van der Waals surface area contributed by atoms with Crippen molar-refractivity contribution in [2.45, 2.75) is 56.1 Å². The molecular weight excluding hydrogens is 430 g/mol. The van der Waals surface area contributed by atoms with Crippen molar-refractivity contribution < 1.29 is 20.1 Å². The molecule has 2 heterocycles. The Kier molecular flexibility index (Phi) is 4.80. The number of anilines is 1. The first-order valence-corrected chi connectivity index (χ1v) is 12.3. The summed E-state index contributed by atoms with van der Waals surface area (Å²) in [5.41, 5.74) is 0.790. The van der Waals surface area contributed by atoms with Gasteiger partial charge in [-0.3, -0.25) is 14.7 Å². The molecule has 178 valence electrons. The number of aromatic hydroxyl groups is 2. The number of benzene rings is 1. The summed E-state index contributed by atoms with van der Waals surface area (Å²) in [5, 5.41) is 36.9. The van der Waals surface area contributed by atoms with Gasteiger partial charge < -0.3 is 20.6 Å². The highest BCUT2D eigenvalue weighted by Gasteiger charge is 2.67. The van der Waals surface area contributed by atoms with Gasteiger partial charge in [-0.05, 0) is 67.8 Å². The maximum absolute atomic E-state index is 13.3. The Morgan fingerprint density at radius 3 is 2.82 bits per heavy atom. The third-order valence-electron chi connectivity index (χ3n) is 8.75. The summed E-state index contributed by atoms with van der Waals surface area (Å²) in [5.74, 6) is -0.0612. The lowest BCUT2D eigenvalue weighted by atomic mass is 9.46. The summed E-state index contributed by atoms with van der Waals surface area (Å²) in [6.45, 7) is 3.80. The van der Waals surface area contributed by atoms with Gasteiger partial charge in [-0.1, -0.05) is 19.1 Å². The number of hydrogen-bond acceptors (Lipinski definition) is 6. The number of aliphatic hydroxyl groups is 1. The van der Waals surface area contributed by atoms with Crippen LogP contribution in [0.1, 0.15) is 43.7 Å². The van der Waals surface area contributed by atoms with Gasteiger partial charge in [-0.25, -0.2) is 0 Å². The van der Waals surface area contributed by atoms with Crippen molar-refractivity contribution in [1.29, 1.82) is 0 Å². The summed E-state index contributed by atoms with van der Waals surface area (Å²) < 4.78 is 0. The zero-order valence-corrected chi connectivity index (χ0v) is 19.4. The number of phenolic OH excluding ortho intramolecular Hbond substituents is 2. The number of carbonyl (C=O) groups excluding carboxylic acids is 1. The Labute approximate surface area is 199 Å². The number of aromatic nitrogens is 1. The number of hydrogen-bond donors (Lipinski definition) is 4. The van der Waals surface area contributed by atoms with Crippen LogP contribution in [-0.4, -0.2) is 55.8 Å². The van der Waals surface area contributed by atoms with Crippen molar-refractivity contribution >= 4 is 11.6 Å². The van der Waals surface area contributed by atoms with Gasteiger partial charge in [0, 0.05) is 41.8 Å². The Hall–Kier alpha value is -2.90. The van der Waals surface area contributed by atoms with E-state index >= 15 is 0 Å². The summed E-state index contributed by atoms with van der Waals surface area (Å²) in [7, 11) is 0. The van der Waals surface area contributed by atoms with Crippen LogP contribution >= 0.6 is 0 Å². The zero-order chi connectivity index (χ0) is 23.7. The van der Waals surface area contributed by atoms with E-state index in [2.05, 4.69) is 15.2 Å². The van der Waals surface area contributed by atoms with E-state index in [9.17, 15) is 20.1 Å². The van der Waals surface area contributed by atoms with E-state index in [1.54, 1.807) is 30.6 Å². The van der Waals surface area contributed by atoms with Crippen LogP contribution in [0.2, 0.25) is 0 Å². The number of nitrogens with one attached hydrogen (secondary N) is 1. The molecule has 1 saturated carbocycles. The largest absolute Gasteiger partial charge is 0.504 e. The molecule has 7 nitrogen and oxygen atoms in total. The van der Waals surface area contributed by atoms with Crippen molar-refractivity contribution in [1.82, 2.24) is 9.88 Å². The van der Waals surface area contributed by atoms with Crippen molar-refractivity contribution in [3.05, 3.63) is 59.4 Å². The zero-order valence-electron chi connectivity index (χ0n) is 19.4. The molecule has 1 aromatic heterocycles. The average molecular weight is 462 g/mol. The second-order valence-electron chi connectivity index (χ2n) is 10.6. The highest BCUT2D eigenvalue weighted by atomic mass is 16.3. The number of phenols is 2. The van der Waals surface area contributed by atoms with E-state index in [-0.39, 0.29) is 35.8 Å². The second kappa shape index (κ2) is 7.55. The molecule has 4 aliphatic rings. The van der Waals surface area contributed by atoms with Crippen LogP contribution < -0.4 is 5.32 Å². The molecule has 1 amide bonds. The lowest BCUT2D eigenvalue weighted by molar-refractivity contribution is -0.164. The minimum Gasteiger partial charge on any atom is -0.504 e. The summed E-state index contributed by atoms with van der Waals surface area (Å²) in [6, 6.07) is 6.84. The molecule has 4 N–H and O–H groups in total. The van der Waals surface area contributed by atoms with Crippen LogP contribution in [0.5, 0.6) is 11.5 Å². The summed E-state index contributed by atoms with van der Waals surface area (Å²) in [4.78, 5) is 19.7. The monoisotopic (exact) mass is 461 g/mol. The van der Waals surface area contributed by atoms with Crippen molar-refractivity contribution in [3.8, 4) is 11.5 Å². The molecule has 1 saturated heterocycles. The average Bonchev–Trinajstić information content (AvgIpc) is 3.62. The number of fused-ring (bicyclic) bond motifs is 1. The molecule has 1 aliphatic heterocycles. The van der Waals surface area contributed by atoms with Crippen LogP contribution in [0.4, 0.5) is 5.69 Å². The summed E-state index contributed by atoms with van der Waals surface area (Å²) in [6.07, 6.45) is 9.10. The minimum absolute atomic E-state index is 0.131. The third kappa shape index (κ3) is 3.03. The number of carbonyl (C=O) groups is 1. The maximum atomic E-state index is 13.3. The molecule has 2 bridgehead atoms. The molecule has 1 aromatic carbocycles. The van der Waals surface area contributed by atoms with Gasteiger partial charge >= 0.3 is 0 Å². The smallest absolute Gasteiger partial charge is 0.251 e. The number of pyridine rings is 1. The van der Waals surface area contributed by atoms with Gasteiger partial charge in [-0.2, -0.15) is 0 Å². The fourth-order valence-electron chi connectivity index (χ4n) is 7.00. The molecule has 0 spiro atoms. The quantitative estimate of drug-likeness (QED) is 0.522. The number of amides is 1. The standard InChI is InChI=1S/C27H31N3O4/c1-16-11-19(25(33)29-20-3-2-9-28-14-20)13-27(34)22-12-18-6-7-21(31)24(32)23(18)26(16,27)8-10-30(22)15-17-4-5-17/h2-3,6-7,9,11,14,16-17,22,31-32,34H,4-5,8,10,12-13,15H2,1H3,(H,29,33)/t16-,22+,26+,27+/m0/s1. The first-order valence-electron chi connectivity index (χ1n) is 12.3.